The third-order valence-corrected chi connectivity index (χ3v) is 5.31. The van der Waals surface area contributed by atoms with Gasteiger partial charge in [0.15, 0.2) is 21.3 Å². The highest BCUT2D eigenvalue weighted by Gasteiger charge is 2.19. The van der Waals surface area contributed by atoms with Gasteiger partial charge in [0.1, 0.15) is 0 Å². The van der Waals surface area contributed by atoms with Crippen molar-refractivity contribution < 1.29 is 17.9 Å². The molecule has 1 aliphatic rings. The Kier molecular flexibility index (Phi) is 4.78. The molecule has 0 fully saturated rings. The van der Waals surface area contributed by atoms with Crippen molar-refractivity contribution in [2.24, 2.45) is 0 Å². The molecule has 1 heterocycles. The largest absolute Gasteiger partial charge is 0.489 e. The van der Waals surface area contributed by atoms with E-state index < -0.39 is 9.84 Å². The van der Waals surface area contributed by atoms with Crippen molar-refractivity contribution in [1.29, 1.82) is 0 Å². The van der Waals surface area contributed by atoms with Crippen molar-refractivity contribution in [3.8, 4) is 11.5 Å². The number of ether oxygens (including phenoxy) is 2. The van der Waals surface area contributed by atoms with Crippen LogP contribution >= 0.6 is 11.6 Å². The zero-order valence-corrected chi connectivity index (χ0v) is 14.1. The Morgan fingerprint density at radius 3 is 2.43 bits per heavy atom. The Balaban J connectivity index is 1.82. The molecule has 3 rings (SSSR count). The number of fused-ring (bicyclic) bond motifs is 1. The number of hydrogen-bond donors (Lipinski definition) is 0. The van der Waals surface area contributed by atoms with Gasteiger partial charge in [0.2, 0.25) is 0 Å². The van der Waals surface area contributed by atoms with Gasteiger partial charge >= 0.3 is 0 Å². The maximum atomic E-state index is 12.4. The van der Waals surface area contributed by atoms with Crippen molar-refractivity contribution in [2.75, 3.05) is 13.2 Å². The van der Waals surface area contributed by atoms with E-state index in [1.54, 1.807) is 24.3 Å². The minimum Gasteiger partial charge on any atom is -0.489 e. The van der Waals surface area contributed by atoms with Crippen LogP contribution in [-0.4, -0.2) is 21.6 Å². The smallest absolute Gasteiger partial charge is 0.179 e. The molecule has 0 bridgehead atoms. The van der Waals surface area contributed by atoms with Crippen LogP contribution in [0, 0.1) is 0 Å². The van der Waals surface area contributed by atoms with Gasteiger partial charge < -0.3 is 9.47 Å². The normalized spacial score (nSPS) is 14.3. The van der Waals surface area contributed by atoms with Crippen molar-refractivity contribution in [2.45, 2.75) is 17.9 Å². The minimum absolute atomic E-state index is 0.0000983. The molecule has 0 amide bonds. The second-order valence-corrected chi connectivity index (χ2v) is 7.94. The highest BCUT2D eigenvalue weighted by Crippen LogP contribution is 2.38. The van der Waals surface area contributed by atoms with Crippen molar-refractivity contribution in [3.63, 3.8) is 0 Å². The van der Waals surface area contributed by atoms with E-state index in [9.17, 15) is 8.42 Å². The van der Waals surface area contributed by atoms with Gasteiger partial charge in [-0.1, -0.05) is 41.9 Å². The zero-order valence-electron chi connectivity index (χ0n) is 12.5. The fourth-order valence-corrected chi connectivity index (χ4v) is 4.27. The lowest BCUT2D eigenvalue weighted by molar-refractivity contribution is 0.297. The molecule has 0 radical (unpaired) electrons. The first-order valence-corrected chi connectivity index (χ1v) is 9.56. The lowest BCUT2D eigenvalue weighted by Crippen LogP contribution is -2.08. The van der Waals surface area contributed by atoms with E-state index >= 15 is 0 Å². The van der Waals surface area contributed by atoms with Crippen molar-refractivity contribution in [3.05, 3.63) is 58.6 Å². The molecule has 4 nitrogen and oxygen atoms in total. The molecule has 2 aromatic carbocycles. The first kappa shape index (κ1) is 16.1. The number of hydrogen-bond acceptors (Lipinski definition) is 4. The molecular formula is C17H17ClO4S. The highest BCUT2D eigenvalue weighted by atomic mass is 35.5. The fraction of sp³-hybridized carbons (Fsp3) is 0.294. The minimum atomic E-state index is -3.30. The van der Waals surface area contributed by atoms with Crippen LogP contribution in [0.25, 0.3) is 0 Å². The van der Waals surface area contributed by atoms with E-state index in [0.29, 0.717) is 35.3 Å². The number of sulfone groups is 1. The zero-order chi connectivity index (χ0) is 16.3. The second-order valence-electron chi connectivity index (χ2n) is 5.47. The van der Waals surface area contributed by atoms with Gasteiger partial charge in [-0.15, -0.1) is 0 Å². The maximum absolute atomic E-state index is 12.4. The Morgan fingerprint density at radius 1 is 0.957 bits per heavy atom. The molecule has 0 saturated heterocycles. The summed E-state index contributed by atoms with van der Waals surface area (Å²) in [7, 11) is -3.30. The summed E-state index contributed by atoms with van der Waals surface area (Å²) >= 11 is 6.21. The molecular weight excluding hydrogens is 336 g/mol. The maximum Gasteiger partial charge on any atom is 0.179 e. The van der Waals surface area contributed by atoms with Gasteiger partial charge in [0.25, 0.3) is 0 Å². The van der Waals surface area contributed by atoms with Gasteiger partial charge in [0.05, 0.1) is 29.7 Å². The first-order valence-electron chi connectivity index (χ1n) is 7.36. The second kappa shape index (κ2) is 6.81. The molecule has 0 atom stereocenters. The summed E-state index contributed by atoms with van der Waals surface area (Å²) in [6, 6.07) is 12.5. The van der Waals surface area contributed by atoms with Crippen LogP contribution in [-0.2, 0) is 21.3 Å². The molecule has 1 aliphatic heterocycles. The molecule has 0 saturated carbocycles. The lowest BCUT2D eigenvalue weighted by Gasteiger charge is -2.12. The van der Waals surface area contributed by atoms with Crippen LogP contribution in [0.15, 0.2) is 42.5 Å². The molecule has 122 valence electrons. The van der Waals surface area contributed by atoms with E-state index in [-0.39, 0.29) is 11.5 Å². The molecule has 23 heavy (non-hydrogen) atoms. The first-order chi connectivity index (χ1) is 11.0. The summed E-state index contributed by atoms with van der Waals surface area (Å²) in [5.74, 6) is 0.923. The summed E-state index contributed by atoms with van der Waals surface area (Å²) < 4.78 is 36.0. The number of rotatable bonds is 4. The van der Waals surface area contributed by atoms with E-state index in [1.165, 1.54) is 0 Å². The summed E-state index contributed by atoms with van der Waals surface area (Å²) in [6.07, 6.45) is 0.770. The Morgan fingerprint density at radius 2 is 1.65 bits per heavy atom. The summed E-state index contributed by atoms with van der Waals surface area (Å²) in [4.78, 5) is 0. The standard InChI is InChI=1S/C17H17ClO4S/c18-15-9-14(10-16-17(15)22-8-4-7-21-16)12-23(19,20)11-13-5-2-1-3-6-13/h1-3,5-6,9-10H,4,7-8,11-12H2. The molecule has 0 aromatic heterocycles. The molecule has 0 N–H and O–H groups in total. The predicted octanol–water partition coefficient (Wildman–Crippen LogP) is 3.62. The van der Waals surface area contributed by atoms with Gasteiger partial charge in [-0.25, -0.2) is 8.42 Å². The summed E-state index contributed by atoms with van der Waals surface area (Å²) in [6.45, 7) is 1.07. The average molecular weight is 353 g/mol. The van der Waals surface area contributed by atoms with Crippen molar-refractivity contribution >= 4 is 21.4 Å². The van der Waals surface area contributed by atoms with E-state index in [1.807, 2.05) is 18.2 Å². The molecule has 2 aromatic rings. The van der Waals surface area contributed by atoms with Gasteiger partial charge in [-0.3, -0.25) is 0 Å². The van der Waals surface area contributed by atoms with Gasteiger partial charge in [-0.05, 0) is 23.3 Å². The quantitative estimate of drug-likeness (QED) is 0.843. The third-order valence-electron chi connectivity index (χ3n) is 3.48. The topological polar surface area (TPSA) is 52.6 Å². The highest BCUT2D eigenvalue weighted by molar-refractivity contribution is 7.89. The van der Waals surface area contributed by atoms with Crippen LogP contribution in [0.1, 0.15) is 17.5 Å². The number of benzene rings is 2. The molecule has 0 spiro atoms. The Bertz CT molecular complexity index is 788. The summed E-state index contributed by atoms with van der Waals surface area (Å²) in [5, 5.41) is 0.384. The van der Waals surface area contributed by atoms with E-state index in [0.717, 1.165) is 12.0 Å². The predicted molar refractivity (Wildman–Crippen MR) is 89.8 cm³/mol. The average Bonchev–Trinajstić information content (AvgIpc) is 2.73. The van der Waals surface area contributed by atoms with Crippen LogP contribution in [0.2, 0.25) is 5.02 Å². The Hall–Kier alpha value is -1.72. The van der Waals surface area contributed by atoms with Gasteiger partial charge in [0, 0.05) is 6.42 Å². The number of halogens is 1. The van der Waals surface area contributed by atoms with Crippen molar-refractivity contribution in [1.82, 2.24) is 0 Å². The van der Waals surface area contributed by atoms with E-state index in [2.05, 4.69) is 0 Å². The van der Waals surface area contributed by atoms with Crippen LogP contribution in [0.5, 0.6) is 11.5 Å². The molecule has 0 unspecified atom stereocenters. The van der Waals surface area contributed by atoms with Gasteiger partial charge in [-0.2, -0.15) is 0 Å². The van der Waals surface area contributed by atoms with Crippen LogP contribution in [0.3, 0.4) is 0 Å². The molecule has 0 aliphatic carbocycles. The SMILES string of the molecule is O=S(=O)(Cc1ccccc1)Cc1cc(Cl)c2c(c1)OCCCO2. The molecule has 6 heteroatoms. The fourth-order valence-electron chi connectivity index (χ4n) is 2.50. The third kappa shape index (κ3) is 4.18. The monoisotopic (exact) mass is 352 g/mol. The van der Waals surface area contributed by atoms with Crippen LogP contribution in [0.4, 0.5) is 0 Å². The van der Waals surface area contributed by atoms with Crippen LogP contribution < -0.4 is 9.47 Å². The lowest BCUT2D eigenvalue weighted by atomic mass is 10.2. The summed E-state index contributed by atoms with van der Waals surface area (Å²) in [5.41, 5.74) is 1.38. The van der Waals surface area contributed by atoms with E-state index in [4.69, 9.17) is 21.1 Å². The Labute approximate surface area is 140 Å².